The van der Waals surface area contributed by atoms with Gasteiger partial charge in [0.05, 0.1) is 12.8 Å². The number of rotatable bonds is 3. The topological polar surface area (TPSA) is 70.2 Å². The molecule has 1 aromatic rings. The highest BCUT2D eigenvalue weighted by Gasteiger charge is 2.27. The van der Waals surface area contributed by atoms with Crippen LogP contribution < -0.4 is 0 Å². The predicted octanol–water partition coefficient (Wildman–Crippen LogP) is 2.30. The average Bonchev–Trinajstić information content (AvgIpc) is 2.61. The average molecular weight is 256 g/mol. The lowest BCUT2D eigenvalue weighted by molar-refractivity contribution is -0.389. The molecule has 17 heavy (non-hydrogen) atoms. The Bertz CT molecular complexity index is 509. The second-order valence-electron chi connectivity index (χ2n) is 3.87. The van der Waals surface area contributed by atoms with Crippen LogP contribution in [0.1, 0.15) is 6.92 Å². The van der Waals surface area contributed by atoms with Gasteiger partial charge in [0, 0.05) is 0 Å². The van der Waals surface area contributed by atoms with Crippen LogP contribution in [0.3, 0.4) is 0 Å². The third kappa shape index (κ3) is 2.47. The van der Waals surface area contributed by atoms with Crippen LogP contribution in [0, 0.1) is 10.1 Å². The van der Waals surface area contributed by atoms with Gasteiger partial charge in [0.25, 0.3) is 0 Å². The number of hydrogen-bond acceptors (Lipinski definition) is 4. The van der Waals surface area contributed by atoms with E-state index < -0.39 is 10.5 Å². The number of allylic oxidation sites excluding steroid dienone is 2. The van der Waals surface area contributed by atoms with E-state index in [0.717, 1.165) is 0 Å². The van der Waals surface area contributed by atoms with Crippen molar-refractivity contribution in [3.63, 3.8) is 0 Å². The van der Waals surface area contributed by atoms with Gasteiger partial charge in [-0.2, -0.15) is 0 Å². The summed E-state index contributed by atoms with van der Waals surface area (Å²) in [5.74, 6) is -0.270. The molecule has 0 radical (unpaired) electrons. The van der Waals surface area contributed by atoms with Crippen LogP contribution >= 0.6 is 11.6 Å². The van der Waals surface area contributed by atoms with E-state index in [2.05, 4.69) is 4.98 Å². The molecule has 0 aliphatic carbocycles. The van der Waals surface area contributed by atoms with Gasteiger partial charge in [-0.15, -0.1) is 0 Å². The number of nitro groups is 1. The van der Waals surface area contributed by atoms with Crippen LogP contribution in [0.25, 0.3) is 0 Å². The largest absolute Gasteiger partial charge is 0.489 e. The predicted molar refractivity (Wildman–Crippen MR) is 61.7 cm³/mol. The zero-order valence-electron chi connectivity index (χ0n) is 9.04. The van der Waals surface area contributed by atoms with Crippen LogP contribution in [0.5, 0.6) is 0 Å². The summed E-state index contributed by atoms with van der Waals surface area (Å²) in [6, 6.07) is 0. The highest BCUT2D eigenvalue weighted by Crippen LogP contribution is 2.23. The molecule has 2 heterocycles. The first-order valence-electron chi connectivity index (χ1n) is 4.89. The van der Waals surface area contributed by atoms with Crippen molar-refractivity contribution in [3.8, 4) is 0 Å². The lowest BCUT2D eigenvalue weighted by Crippen LogP contribution is -2.31. The Labute approximate surface area is 102 Å². The molecule has 1 aromatic heterocycles. The van der Waals surface area contributed by atoms with Crippen LogP contribution in [-0.4, -0.2) is 20.1 Å². The molecule has 0 saturated heterocycles. The molecule has 0 bridgehead atoms. The molecule has 0 fully saturated rings. The molecule has 90 valence electrons. The van der Waals surface area contributed by atoms with Crippen molar-refractivity contribution < 1.29 is 9.66 Å². The van der Waals surface area contributed by atoms with E-state index in [9.17, 15) is 10.1 Å². The number of nitrogens with zero attached hydrogens (tertiary/aromatic N) is 3. The van der Waals surface area contributed by atoms with Crippen molar-refractivity contribution >= 4 is 17.4 Å². The summed E-state index contributed by atoms with van der Waals surface area (Å²) in [6.45, 7) is 2.21. The van der Waals surface area contributed by atoms with Gasteiger partial charge in [-0.3, -0.25) is 4.57 Å². The number of aromatic nitrogens is 2. The van der Waals surface area contributed by atoms with Crippen molar-refractivity contribution in [2.75, 3.05) is 0 Å². The maximum absolute atomic E-state index is 10.6. The van der Waals surface area contributed by atoms with E-state index >= 15 is 0 Å². The van der Waals surface area contributed by atoms with Crippen molar-refractivity contribution in [1.82, 2.24) is 9.55 Å². The van der Waals surface area contributed by atoms with E-state index in [-0.39, 0.29) is 11.1 Å². The van der Waals surface area contributed by atoms with Crippen molar-refractivity contribution in [1.29, 1.82) is 0 Å². The van der Waals surface area contributed by atoms with E-state index in [1.807, 2.05) is 19.1 Å². The van der Waals surface area contributed by atoms with Gasteiger partial charge in [-0.05, 0) is 40.6 Å². The van der Waals surface area contributed by atoms with E-state index in [0.29, 0.717) is 6.54 Å². The third-order valence-corrected chi connectivity index (χ3v) is 2.66. The number of halogens is 1. The molecular weight excluding hydrogens is 246 g/mol. The first-order chi connectivity index (χ1) is 8.00. The lowest BCUT2D eigenvalue weighted by atomic mass is 10.1. The van der Waals surface area contributed by atoms with Gasteiger partial charge in [-0.25, -0.2) is 0 Å². The summed E-state index contributed by atoms with van der Waals surface area (Å²) in [6.07, 6.45) is 8.33. The maximum Gasteiger partial charge on any atom is 0.383 e. The second kappa shape index (κ2) is 4.21. The number of imidazole rings is 1. The summed E-state index contributed by atoms with van der Waals surface area (Å²) < 4.78 is 6.94. The fourth-order valence-electron chi connectivity index (χ4n) is 1.55. The Morgan fingerprint density at radius 2 is 2.41 bits per heavy atom. The molecule has 1 atom stereocenters. The quantitative estimate of drug-likeness (QED) is 0.614. The fourth-order valence-corrected chi connectivity index (χ4v) is 1.74. The van der Waals surface area contributed by atoms with E-state index in [1.54, 1.807) is 12.3 Å². The smallest absolute Gasteiger partial charge is 0.383 e. The van der Waals surface area contributed by atoms with Gasteiger partial charge in [0.15, 0.2) is 0 Å². The van der Waals surface area contributed by atoms with Crippen molar-refractivity contribution in [3.05, 3.63) is 46.1 Å². The highest BCUT2D eigenvalue weighted by atomic mass is 35.5. The normalized spacial score (nSPS) is 22.5. The van der Waals surface area contributed by atoms with Gasteiger partial charge in [-0.1, -0.05) is 6.08 Å². The molecule has 2 rings (SSSR count). The lowest BCUT2D eigenvalue weighted by Gasteiger charge is -2.27. The van der Waals surface area contributed by atoms with E-state index in [1.165, 1.54) is 10.8 Å². The standard InChI is InChI=1S/C10H10ClN3O3/c1-10(4-2-3-5-17-10)7-13-6-8(14(15)16)12-9(13)11/h2-6H,7H2,1H3. The Morgan fingerprint density at radius 1 is 1.65 bits per heavy atom. The van der Waals surface area contributed by atoms with Crippen molar-refractivity contribution in [2.24, 2.45) is 0 Å². The summed E-state index contributed by atoms with van der Waals surface area (Å²) in [5, 5.41) is 10.6. The minimum atomic E-state index is -0.581. The minimum Gasteiger partial charge on any atom is -0.489 e. The molecule has 1 aliphatic rings. The summed E-state index contributed by atoms with van der Waals surface area (Å²) in [7, 11) is 0. The molecule has 0 spiro atoms. The van der Waals surface area contributed by atoms with E-state index in [4.69, 9.17) is 16.3 Å². The van der Waals surface area contributed by atoms with Gasteiger partial charge < -0.3 is 14.9 Å². The molecule has 0 amide bonds. The first kappa shape index (κ1) is 11.7. The maximum atomic E-state index is 10.6. The SMILES string of the molecule is CC1(Cn2cc([N+](=O)[O-])nc2Cl)C=CC=CO1. The summed E-state index contributed by atoms with van der Waals surface area (Å²) in [4.78, 5) is 13.6. The number of hydrogen-bond donors (Lipinski definition) is 0. The molecule has 7 heteroatoms. The molecular formula is C10H10ClN3O3. The second-order valence-corrected chi connectivity index (χ2v) is 4.21. The Hall–Kier alpha value is -1.82. The van der Waals surface area contributed by atoms with Crippen LogP contribution in [0.15, 0.2) is 30.7 Å². The molecule has 0 aromatic carbocycles. The molecule has 0 N–H and O–H groups in total. The third-order valence-electron chi connectivity index (χ3n) is 2.36. The van der Waals surface area contributed by atoms with Crippen LogP contribution in [0.4, 0.5) is 5.82 Å². The first-order valence-corrected chi connectivity index (χ1v) is 5.27. The number of ether oxygens (including phenoxy) is 1. The van der Waals surface area contributed by atoms with Crippen LogP contribution in [0.2, 0.25) is 5.28 Å². The Balaban J connectivity index is 2.21. The van der Waals surface area contributed by atoms with Crippen LogP contribution in [-0.2, 0) is 11.3 Å². The summed E-state index contributed by atoms with van der Waals surface area (Å²) in [5.41, 5.74) is -0.576. The zero-order valence-corrected chi connectivity index (χ0v) is 9.79. The molecule has 1 aliphatic heterocycles. The Morgan fingerprint density at radius 3 is 2.94 bits per heavy atom. The highest BCUT2D eigenvalue weighted by molar-refractivity contribution is 6.28. The van der Waals surface area contributed by atoms with Crippen molar-refractivity contribution in [2.45, 2.75) is 19.1 Å². The summed E-state index contributed by atoms with van der Waals surface area (Å²) >= 11 is 5.82. The Kier molecular flexibility index (Phi) is 2.89. The fraction of sp³-hybridized carbons (Fsp3) is 0.300. The minimum absolute atomic E-state index is 0.0736. The van der Waals surface area contributed by atoms with Gasteiger partial charge >= 0.3 is 11.1 Å². The zero-order chi connectivity index (χ0) is 12.5. The monoisotopic (exact) mass is 255 g/mol. The molecule has 1 unspecified atom stereocenters. The van der Waals surface area contributed by atoms with Gasteiger partial charge in [0.2, 0.25) is 0 Å². The van der Waals surface area contributed by atoms with Gasteiger partial charge in [0.1, 0.15) is 11.8 Å². The molecule has 0 saturated carbocycles. The molecule has 6 nitrogen and oxygen atoms in total.